The number of ether oxygens (including phenoxy) is 1. The first-order valence-corrected chi connectivity index (χ1v) is 4.57. The van der Waals surface area contributed by atoms with Gasteiger partial charge in [0.05, 0.1) is 23.7 Å². The van der Waals surface area contributed by atoms with Crippen molar-refractivity contribution in [1.29, 1.82) is 0 Å². The van der Waals surface area contributed by atoms with E-state index in [1.54, 1.807) is 7.11 Å². The van der Waals surface area contributed by atoms with Crippen LogP contribution in [0.25, 0.3) is 0 Å². The van der Waals surface area contributed by atoms with Crippen molar-refractivity contribution < 1.29 is 4.74 Å². The van der Waals surface area contributed by atoms with Gasteiger partial charge in [-0.15, -0.1) is 0 Å². The summed E-state index contributed by atoms with van der Waals surface area (Å²) >= 11 is 0. The van der Waals surface area contributed by atoms with E-state index < -0.39 is 0 Å². The maximum Gasteiger partial charge on any atom is 0.0911 e. The summed E-state index contributed by atoms with van der Waals surface area (Å²) in [6, 6.07) is 9.52. The van der Waals surface area contributed by atoms with Crippen LogP contribution in [-0.4, -0.2) is 19.4 Å². The third-order valence-corrected chi connectivity index (χ3v) is 1.81. The van der Waals surface area contributed by atoms with E-state index in [4.69, 9.17) is 16.2 Å². The standard InChI is InChI=1S/C11H15N3O/c1-15-8-11(10(13)7-12)14-9-5-3-2-4-6-9/h2-7H,8,12-13H2,1H3/b10-7+,14-11?. The summed E-state index contributed by atoms with van der Waals surface area (Å²) < 4.78 is 4.99. The SMILES string of the molecule is COCC(=Nc1ccccc1)/C(N)=C\N. The third kappa shape index (κ3) is 3.44. The average molecular weight is 205 g/mol. The summed E-state index contributed by atoms with van der Waals surface area (Å²) in [6.45, 7) is 0.342. The first-order chi connectivity index (χ1) is 7.27. The minimum atomic E-state index is 0.342. The zero-order chi connectivity index (χ0) is 11.1. The van der Waals surface area contributed by atoms with Crippen LogP contribution in [0.15, 0.2) is 47.2 Å². The van der Waals surface area contributed by atoms with Gasteiger partial charge in [0, 0.05) is 13.3 Å². The molecule has 0 unspecified atom stereocenters. The predicted molar refractivity (Wildman–Crippen MR) is 61.9 cm³/mol. The zero-order valence-electron chi connectivity index (χ0n) is 8.68. The van der Waals surface area contributed by atoms with Crippen molar-refractivity contribution in [1.82, 2.24) is 0 Å². The first-order valence-electron chi connectivity index (χ1n) is 4.57. The molecule has 80 valence electrons. The maximum atomic E-state index is 5.68. The molecule has 0 aliphatic rings. The number of para-hydroxylation sites is 1. The second-order valence-electron chi connectivity index (χ2n) is 2.95. The number of nitrogens with zero attached hydrogens (tertiary/aromatic N) is 1. The van der Waals surface area contributed by atoms with Crippen molar-refractivity contribution in [3.05, 3.63) is 42.2 Å². The van der Waals surface area contributed by atoms with Gasteiger partial charge >= 0.3 is 0 Å². The van der Waals surface area contributed by atoms with Gasteiger partial charge in [0.15, 0.2) is 0 Å². The van der Waals surface area contributed by atoms with E-state index in [0.717, 1.165) is 5.69 Å². The number of rotatable bonds is 4. The van der Waals surface area contributed by atoms with Crippen molar-refractivity contribution in [2.24, 2.45) is 16.5 Å². The van der Waals surface area contributed by atoms with E-state index in [9.17, 15) is 0 Å². The van der Waals surface area contributed by atoms with Gasteiger partial charge in [0.2, 0.25) is 0 Å². The molecule has 0 saturated carbocycles. The fraction of sp³-hybridized carbons (Fsp3) is 0.182. The van der Waals surface area contributed by atoms with Crippen molar-refractivity contribution in [3.63, 3.8) is 0 Å². The van der Waals surface area contributed by atoms with Crippen LogP contribution in [0.3, 0.4) is 0 Å². The van der Waals surface area contributed by atoms with E-state index in [1.807, 2.05) is 30.3 Å². The number of aliphatic imine (C=N–C) groups is 1. The van der Waals surface area contributed by atoms with Gasteiger partial charge in [-0.1, -0.05) is 18.2 Å². The fourth-order valence-corrected chi connectivity index (χ4v) is 1.07. The second kappa shape index (κ2) is 5.82. The smallest absolute Gasteiger partial charge is 0.0911 e. The lowest BCUT2D eigenvalue weighted by Gasteiger charge is -2.05. The van der Waals surface area contributed by atoms with Gasteiger partial charge in [0.1, 0.15) is 0 Å². The molecule has 0 saturated heterocycles. The topological polar surface area (TPSA) is 73.6 Å². The van der Waals surface area contributed by atoms with Gasteiger partial charge < -0.3 is 16.2 Å². The quantitative estimate of drug-likeness (QED) is 0.724. The lowest BCUT2D eigenvalue weighted by molar-refractivity contribution is 0.245. The van der Waals surface area contributed by atoms with Crippen molar-refractivity contribution in [2.75, 3.05) is 13.7 Å². The van der Waals surface area contributed by atoms with Crippen LogP contribution < -0.4 is 11.5 Å². The number of methoxy groups -OCH3 is 1. The molecular formula is C11H15N3O. The van der Waals surface area contributed by atoms with Crippen LogP contribution in [0.1, 0.15) is 0 Å². The molecule has 15 heavy (non-hydrogen) atoms. The van der Waals surface area contributed by atoms with Crippen molar-refractivity contribution >= 4 is 11.4 Å². The summed E-state index contributed by atoms with van der Waals surface area (Å²) in [5, 5.41) is 0. The van der Waals surface area contributed by atoms with E-state index in [1.165, 1.54) is 6.20 Å². The van der Waals surface area contributed by atoms with Crippen LogP contribution in [0.2, 0.25) is 0 Å². The van der Waals surface area contributed by atoms with Crippen molar-refractivity contribution in [2.45, 2.75) is 0 Å². The summed E-state index contributed by atoms with van der Waals surface area (Å²) in [5.74, 6) is 0. The Morgan fingerprint density at radius 2 is 2.07 bits per heavy atom. The van der Waals surface area contributed by atoms with Gasteiger partial charge in [-0.05, 0) is 12.1 Å². The molecule has 4 N–H and O–H groups in total. The lowest BCUT2D eigenvalue weighted by Crippen LogP contribution is -2.18. The van der Waals surface area contributed by atoms with Gasteiger partial charge in [-0.2, -0.15) is 0 Å². The number of hydrogen-bond donors (Lipinski definition) is 2. The minimum absolute atomic E-state index is 0.342. The molecule has 1 rings (SSSR count). The van der Waals surface area contributed by atoms with Crippen molar-refractivity contribution in [3.8, 4) is 0 Å². The number of hydrogen-bond acceptors (Lipinski definition) is 4. The largest absolute Gasteiger partial charge is 0.403 e. The molecule has 0 aliphatic heterocycles. The Labute approximate surface area is 89.3 Å². The Kier molecular flexibility index (Phi) is 4.37. The fourth-order valence-electron chi connectivity index (χ4n) is 1.07. The van der Waals surface area contributed by atoms with Gasteiger partial charge in [-0.3, -0.25) is 0 Å². The van der Waals surface area contributed by atoms with E-state index in [-0.39, 0.29) is 0 Å². The summed E-state index contributed by atoms with van der Waals surface area (Å²) in [7, 11) is 1.59. The number of nitrogens with two attached hydrogens (primary N) is 2. The van der Waals surface area contributed by atoms with Crippen LogP contribution in [-0.2, 0) is 4.74 Å². The molecular weight excluding hydrogens is 190 g/mol. The molecule has 0 heterocycles. The highest BCUT2D eigenvalue weighted by molar-refractivity contribution is 6.01. The highest BCUT2D eigenvalue weighted by atomic mass is 16.5. The Morgan fingerprint density at radius 3 is 2.60 bits per heavy atom. The predicted octanol–water partition coefficient (Wildman–Crippen LogP) is 1.16. The highest BCUT2D eigenvalue weighted by Crippen LogP contribution is 2.11. The Morgan fingerprint density at radius 1 is 1.40 bits per heavy atom. The molecule has 0 aliphatic carbocycles. The average Bonchev–Trinajstić information content (AvgIpc) is 2.29. The zero-order valence-corrected chi connectivity index (χ0v) is 8.68. The summed E-state index contributed by atoms with van der Waals surface area (Å²) in [4.78, 5) is 4.34. The summed E-state index contributed by atoms with van der Waals surface area (Å²) in [6.07, 6.45) is 1.32. The normalized spacial score (nSPS) is 12.9. The molecule has 0 aromatic heterocycles. The van der Waals surface area contributed by atoms with Crippen LogP contribution >= 0.6 is 0 Å². The van der Waals surface area contributed by atoms with Crippen LogP contribution in [0, 0.1) is 0 Å². The second-order valence-corrected chi connectivity index (χ2v) is 2.95. The summed E-state index contributed by atoms with van der Waals surface area (Å²) in [5.41, 5.74) is 12.9. The van der Waals surface area contributed by atoms with Crippen LogP contribution in [0.4, 0.5) is 5.69 Å². The Bertz CT molecular complexity index is 357. The third-order valence-electron chi connectivity index (χ3n) is 1.81. The molecule has 4 nitrogen and oxygen atoms in total. The van der Waals surface area contributed by atoms with Gasteiger partial charge in [0.25, 0.3) is 0 Å². The molecule has 0 atom stereocenters. The van der Waals surface area contributed by atoms with Crippen LogP contribution in [0.5, 0.6) is 0 Å². The molecule has 0 bridgehead atoms. The lowest BCUT2D eigenvalue weighted by atomic mass is 10.3. The molecule has 1 aromatic carbocycles. The molecule has 0 spiro atoms. The molecule has 0 fully saturated rings. The molecule has 4 heteroatoms. The molecule has 0 amide bonds. The number of benzene rings is 1. The van der Waals surface area contributed by atoms with E-state index in [0.29, 0.717) is 18.0 Å². The van der Waals surface area contributed by atoms with Gasteiger partial charge in [-0.25, -0.2) is 4.99 Å². The van der Waals surface area contributed by atoms with E-state index in [2.05, 4.69) is 4.99 Å². The van der Waals surface area contributed by atoms with E-state index >= 15 is 0 Å². The maximum absolute atomic E-state index is 5.68. The highest BCUT2D eigenvalue weighted by Gasteiger charge is 2.02. The Balaban J connectivity index is 2.94. The Hall–Kier alpha value is -1.81. The molecule has 1 aromatic rings. The monoisotopic (exact) mass is 205 g/mol. The first kappa shape index (κ1) is 11.3. The molecule has 0 radical (unpaired) electrons. The minimum Gasteiger partial charge on any atom is -0.403 e.